The minimum absolute atomic E-state index is 0.00847. The first kappa shape index (κ1) is 13.0. The molecule has 0 fully saturated rings. The molecule has 0 aliphatic carbocycles. The Kier molecular flexibility index (Phi) is 3.61. The van der Waals surface area contributed by atoms with E-state index in [4.69, 9.17) is 4.42 Å². The van der Waals surface area contributed by atoms with E-state index in [-0.39, 0.29) is 27.3 Å². The van der Waals surface area contributed by atoms with Crippen LogP contribution in [0.2, 0.25) is 0 Å². The second-order valence-corrected chi connectivity index (χ2v) is 4.54. The number of carbonyl (C=O) groups excluding carboxylic acids is 1. The van der Waals surface area contributed by atoms with Gasteiger partial charge in [0.2, 0.25) is 0 Å². The third kappa shape index (κ3) is 2.36. The van der Waals surface area contributed by atoms with Gasteiger partial charge < -0.3 is 4.42 Å². The molecule has 0 unspecified atom stereocenters. The zero-order valence-electron chi connectivity index (χ0n) is 9.47. The zero-order chi connectivity index (χ0) is 13.3. The summed E-state index contributed by atoms with van der Waals surface area (Å²) in [5.41, 5.74) is -0.00847. The molecule has 0 aliphatic heterocycles. The fraction of sp³-hybridized carbons (Fsp3) is 0.154. The van der Waals surface area contributed by atoms with Crippen LogP contribution in [0.1, 0.15) is 23.9 Å². The van der Waals surface area contributed by atoms with Crippen LogP contribution in [-0.4, -0.2) is 5.78 Å². The number of Topliss-reactive ketones (excluding diaryl/α,β-unsaturated/α-hetero) is 1. The van der Waals surface area contributed by atoms with Gasteiger partial charge in [-0.1, -0.05) is 6.92 Å². The molecule has 0 atom stereocenters. The standard InChI is InChI=1S/C13H9BrF2O2/c1-2-11(17)13-4-3-12(18-13)7-5-10(16)8(14)6-9(7)15/h3-6H,2H2,1H3. The van der Waals surface area contributed by atoms with Crippen LogP contribution in [0.3, 0.4) is 0 Å². The normalized spacial score (nSPS) is 10.7. The predicted molar refractivity (Wildman–Crippen MR) is 66.4 cm³/mol. The summed E-state index contributed by atoms with van der Waals surface area (Å²) in [6.07, 6.45) is 0.296. The Morgan fingerprint density at radius 3 is 2.67 bits per heavy atom. The molecule has 0 saturated carbocycles. The number of halogens is 3. The molecule has 2 nitrogen and oxygen atoms in total. The van der Waals surface area contributed by atoms with E-state index in [1.165, 1.54) is 12.1 Å². The van der Waals surface area contributed by atoms with E-state index in [1.807, 2.05) is 0 Å². The van der Waals surface area contributed by atoms with Crippen LogP contribution in [0.15, 0.2) is 33.2 Å². The zero-order valence-corrected chi connectivity index (χ0v) is 11.1. The van der Waals surface area contributed by atoms with Crippen LogP contribution in [0.5, 0.6) is 0 Å². The van der Waals surface area contributed by atoms with Crippen molar-refractivity contribution >= 4 is 21.7 Å². The maximum atomic E-state index is 13.7. The van der Waals surface area contributed by atoms with Gasteiger partial charge in [0.05, 0.1) is 10.0 Å². The monoisotopic (exact) mass is 314 g/mol. The first-order chi connectivity index (χ1) is 8.52. The van der Waals surface area contributed by atoms with E-state index in [0.29, 0.717) is 6.42 Å². The van der Waals surface area contributed by atoms with Gasteiger partial charge in [0.1, 0.15) is 17.4 Å². The highest BCUT2D eigenvalue weighted by molar-refractivity contribution is 9.10. The van der Waals surface area contributed by atoms with Gasteiger partial charge in [0, 0.05) is 6.42 Å². The van der Waals surface area contributed by atoms with Crippen molar-refractivity contribution in [1.82, 2.24) is 0 Å². The summed E-state index contributed by atoms with van der Waals surface area (Å²) in [5.74, 6) is -1.11. The highest BCUT2D eigenvalue weighted by Crippen LogP contribution is 2.29. The first-order valence-corrected chi connectivity index (χ1v) is 6.10. The average Bonchev–Trinajstić information content (AvgIpc) is 2.82. The Balaban J connectivity index is 2.46. The van der Waals surface area contributed by atoms with Gasteiger partial charge in [0.15, 0.2) is 11.5 Å². The molecular formula is C13H9BrF2O2. The maximum absolute atomic E-state index is 13.7. The fourth-order valence-electron chi connectivity index (χ4n) is 1.52. The molecule has 2 aromatic rings. The molecule has 0 bridgehead atoms. The quantitative estimate of drug-likeness (QED) is 0.613. The van der Waals surface area contributed by atoms with E-state index in [2.05, 4.69) is 15.9 Å². The van der Waals surface area contributed by atoms with E-state index >= 15 is 0 Å². The molecule has 2 rings (SSSR count). The van der Waals surface area contributed by atoms with Crippen LogP contribution in [0.25, 0.3) is 11.3 Å². The number of furan rings is 1. The second kappa shape index (κ2) is 5.02. The minimum Gasteiger partial charge on any atom is -0.453 e. The summed E-state index contributed by atoms with van der Waals surface area (Å²) in [7, 11) is 0. The Morgan fingerprint density at radius 2 is 2.00 bits per heavy atom. The summed E-state index contributed by atoms with van der Waals surface area (Å²) in [6.45, 7) is 1.70. The van der Waals surface area contributed by atoms with Gasteiger partial charge in [-0.05, 0) is 40.2 Å². The Morgan fingerprint density at radius 1 is 1.28 bits per heavy atom. The summed E-state index contributed by atoms with van der Waals surface area (Å²) < 4.78 is 32.3. The molecule has 94 valence electrons. The van der Waals surface area contributed by atoms with Gasteiger partial charge in [-0.25, -0.2) is 8.78 Å². The molecule has 1 aromatic heterocycles. The van der Waals surface area contributed by atoms with Gasteiger partial charge >= 0.3 is 0 Å². The van der Waals surface area contributed by atoms with E-state index in [1.54, 1.807) is 6.92 Å². The van der Waals surface area contributed by atoms with Gasteiger partial charge in [-0.15, -0.1) is 0 Å². The van der Waals surface area contributed by atoms with Crippen molar-refractivity contribution in [3.63, 3.8) is 0 Å². The van der Waals surface area contributed by atoms with Crippen molar-refractivity contribution in [2.45, 2.75) is 13.3 Å². The van der Waals surface area contributed by atoms with Crippen LogP contribution >= 0.6 is 15.9 Å². The Bertz CT molecular complexity index is 605. The molecule has 0 spiro atoms. The van der Waals surface area contributed by atoms with Crippen LogP contribution < -0.4 is 0 Å². The molecule has 1 aromatic carbocycles. The van der Waals surface area contributed by atoms with Crippen molar-refractivity contribution in [3.8, 4) is 11.3 Å². The topological polar surface area (TPSA) is 30.2 Å². The van der Waals surface area contributed by atoms with E-state index in [0.717, 1.165) is 12.1 Å². The number of carbonyl (C=O) groups is 1. The predicted octanol–water partition coefficient (Wildman–Crippen LogP) is 4.58. The third-order valence-electron chi connectivity index (χ3n) is 2.48. The molecule has 0 aliphatic rings. The summed E-state index contributed by atoms with van der Waals surface area (Å²) in [5, 5.41) is 0. The van der Waals surface area contributed by atoms with Gasteiger partial charge in [-0.3, -0.25) is 4.79 Å². The molecule has 0 saturated heterocycles. The molecule has 1 heterocycles. The van der Waals surface area contributed by atoms with Crippen LogP contribution in [0, 0.1) is 11.6 Å². The number of ketones is 1. The first-order valence-electron chi connectivity index (χ1n) is 5.31. The lowest BCUT2D eigenvalue weighted by molar-refractivity contribution is 0.0962. The second-order valence-electron chi connectivity index (χ2n) is 3.69. The van der Waals surface area contributed by atoms with Crippen LogP contribution in [-0.2, 0) is 0 Å². The minimum atomic E-state index is -0.617. The summed E-state index contributed by atoms with van der Waals surface area (Å²) >= 11 is 2.89. The summed E-state index contributed by atoms with van der Waals surface area (Å²) in [6, 6.07) is 4.96. The van der Waals surface area contributed by atoms with Gasteiger partial charge in [-0.2, -0.15) is 0 Å². The lowest BCUT2D eigenvalue weighted by Crippen LogP contribution is -1.92. The van der Waals surface area contributed by atoms with E-state index in [9.17, 15) is 13.6 Å². The van der Waals surface area contributed by atoms with Crippen molar-refractivity contribution < 1.29 is 18.0 Å². The molecule has 0 radical (unpaired) electrons. The highest BCUT2D eigenvalue weighted by atomic mass is 79.9. The molecule has 0 amide bonds. The van der Waals surface area contributed by atoms with Crippen LogP contribution in [0.4, 0.5) is 8.78 Å². The van der Waals surface area contributed by atoms with Gasteiger partial charge in [0.25, 0.3) is 0 Å². The SMILES string of the molecule is CCC(=O)c1ccc(-c2cc(F)c(Br)cc2F)o1. The Hall–Kier alpha value is -1.49. The van der Waals surface area contributed by atoms with Crippen molar-refractivity contribution in [1.29, 1.82) is 0 Å². The number of hydrogen-bond acceptors (Lipinski definition) is 2. The van der Waals surface area contributed by atoms with Crippen molar-refractivity contribution in [3.05, 3.63) is 46.1 Å². The Labute approximate surface area is 111 Å². The lowest BCUT2D eigenvalue weighted by Gasteiger charge is -2.01. The fourth-order valence-corrected chi connectivity index (χ4v) is 1.83. The maximum Gasteiger partial charge on any atom is 0.197 e. The smallest absolute Gasteiger partial charge is 0.197 e. The largest absolute Gasteiger partial charge is 0.453 e. The van der Waals surface area contributed by atoms with Crippen molar-refractivity contribution in [2.75, 3.05) is 0 Å². The number of benzene rings is 1. The molecule has 18 heavy (non-hydrogen) atoms. The summed E-state index contributed by atoms with van der Waals surface area (Å²) in [4.78, 5) is 11.4. The molecule has 0 N–H and O–H groups in total. The highest BCUT2D eigenvalue weighted by Gasteiger charge is 2.15. The molecule has 5 heteroatoms. The number of hydrogen-bond donors (Lipinski definition) is 0. The van der Waals surface area contributed by atoms with Crippen molar-refractivity contribution in [2.24, 2.45) is 0 Å². The molecular weight excluding hydrogens is 306 g/mol. The number of rotatable bonds is 3. The lowest BCUT2D eigenvalue weighted by atomic mass is 10.1. The average molecular weight is 315 g/mol. The van der Waals surface area contributed by atoms with E-state index < -0.39 is 11.6 Å². The third-order valence-corrected chi connectivity index (χ3v) is 3.09.